The molecule has 1 aromatic carbocycles. The number of rotatable bonds is 2. The van der Waals surface area contributed by atoms with Crippen LogP contribution in [0, 0.1) is 0 Å². The number of hydrogen-bond acceptors (Lipinski definition) is 2. The minimum absolute atomic E-state index is 0.0427. The molecule has 0 radical (unpaired) electrons. The molecule has 4 nitrogen and oxygen atoms in total. The Bertz CT molecular complexity index is 658. The van der Waals surface area contributed by atoms with Crippen LogP contribution in [0.25, 0.3) is 5.69 Å². The minimum atomic E-state index is -0.209. The first-order valence-electron chi connectivity index (χ1n) is 6.94. The van der Waals surface area contributed by atoms with Gasteiger partial charge in [0.15, 0.2) is 0 Å². The highest BCUT2D eigenvalue weighted by Crippen LogP contribution is 2.29. The highest BCUT2D eigenvalue weighted by atomic mass is 16.1. The standard InChI is InChI=1S/C16H23N3O/c1-11(2)18-15(20)13(17)14(16(3,4)5)19(18)12-9-7-6-8-10-12/h6-11H,17H2,1-5H3. The molecule has 0 aliphatic carbocycles. The van der Waals surface area contributed by atoms with Gasteiger partial charge in [-0.2, -0.15) is 0 Å². The molecule has 2 rings (SSSR count). The number of nitrogens with two attached hydrogens (primary N) is 1. The molecule has 20 heavy (non-hydrogen) atoms. The summed E-state index contributed by atoms with van der Waals surface area (Å²) in [5.41, 5.74) is 7.95. The van der Waals surface area contributed by atoms with Gasteiger partial charge >= 0.3 is 0 Å². The average Bonchev–Trinajstić information content (AvgIpc) is 2.63. The van der Waals surface area contributed by atoms with E-state index >= 15 is 0 Å². The summed E-state index contributed by atoms with van der Waals surface area (Å²) >= 11 is 0. The van der Waals surface area contributed by atoms with Gasteiger partial charge in [0.2, 0.25) is 0 Å². The molecule has 4 heteroatoms. The molecule has 0 saturated heterocycles. The van der Waals surface area contributed by atoms with E-state index in [1.165, 1.54) is 0 Å². The molecule has 2 N–H and O–H groups in total. The number of anilines is 1. The van der Waals surface area contributed by atoms with Crippen LogP contribution in [0.2, 0.25) is 0 Å². The van der Waals surface area contributed by atoms with Gasteiger partial charge in [0, 0.05) is 11.5 Å². The number of nitrogen functional groups attached to an aromatic ring is 1. The van der Waals surface area contributed by atoms with E-state index in [2.05, 4.69) is 20.8 Å². The zero-order valence-corrected chi connectivity index (χ0v) is 12.8. The Morgan fingerprint density at radius 3 is 2.10 bits per heavy atom. The fraction of sp³-hybridized carbons (Fsp3) is 0.438. The van der Waals surface area contributed by atoms with Crippen molar-refractivity contribution in [2.45, 2.75) is 46.1 Å². The summed E-state index contributed by atoms with van der Waals surface area (Å²) in [6.07, 6.45) is 0. The van der Waals surface area contributed by atoms with E-state index in [-0.39, 0.29) is 17.0 Å². The van der Waals surface area contributed by atoms with Crippen LogP contribution in [0.4, 0.5) is 5.69 Å². The first kappa shape index (κ1) is 14.4. The smallest absolute Gasteiger partial charge is 0.290 e. The summed E-state index contributed by atoms with van der Waals surface area (Å²) in [5, 5.41) is 0. The van der Waals surface area contributed by atoms with Crippen molar-refractivity contribution in [3.63, 3.8) is 0 Å². The summed E-state index contributed by atoms with van der Waals surface area (Å²) in [7, 11) is 0. The maximum atomic E-state index is 12.5. The van der Waals surface area contributed by atoms with Gasteiger partial charge in [0.25, 0.3) is 5.56 Å². The zero-order chi connectivity index (χ0) is 15.1. The van der Waals surface area contributed by atoms with Gasteiger partial charge in [0.1, 0.15) is 5.69 Å². The van der Waals surface area contributed by atoms with Gasteiger partial charge in [-0.25, -0.2) is 4.68 Å². The van der Waals surface area contributed by atoms with Crippen LogP contribution in [0.1, 0.15) is 46.4 Å². The molecule has 0 bridgehead atoms. The van der Waals surface area contributed by atoms with E-state index in [4.69, 9.17) is 5.73 Å². The van der Waals surface area contributed by atoms with Crippen molar-refractivity contribution in [2.75, 3.05) is 5.73 Å². The number of nitrogens with zero attached hydrogens (tertiary/aromatic N) is 2. The second kappa shape index (κ2) is 4.85. The van der Waals surface area contributed by atoms with Crippen LogP contribution in [-0.4, -0.2) is 9.36 Å². The number of aromatic nitrogens is 2. The van der Waals surface area contributed by atoms with E-state index in [0.29, 0.717) is 5.69 Å². The Labute approximate surface area is 119 Å². The van der Waals surface area contributed by atoms with E-state index in [0.717, 1.165) is 11.4 Å². The molecule has 1 aromatic heterocycles. The number of hydrogen-bond donors (Lipinski definition) is 1. The second-order valence-electron chi connectivity index (χ2n) is 6.40. The largest absolute Gasteiger partial charge is 0.393 e. The van der Waals surface area contributed by atoms with Gasteiger partial charge in [-0.1, -0.05) is 39.0 Å². The van der Waals surface area contributed by atoms with Gasteiger partial charge in [-0.05, 0) is 26.0 Å². The minimum Gasteiger partial charge on any atom is -0.393 e. The predicted octanol–water partition coefficient (Wildman–Crippen LogP) is 3.10. The first-order chi connectivity index (χ1) is 9.25. The lowest BCUT2D eigenvalue weighted by molar-refractivity contribution is 0.436. The average molecular weight is 273 g/mol. The highest BCUT2D eigenvalue weighted by Gasteiger charge is 2.28. The topological polar surface area (TPSA) is 52.9 Å². The summed E-state index contributed by atoms with van der Waals surface area (Å²) in [4.78, 5) is 12.5. The van der Waals surface area contributed by atoms with E-state index in [1.807, 2.05) is 48.9 Å². The highest BCUT2D eigenvalue weighted by molar-refractivity contribution is 5.50. The third-order valence-electron chi connectivity index (χ3n) is 3.32. The van der Waals surface area contributed by atoms with Crippen molar-refractivity contribution in [3.05, 3.63) is 46.4 Å². The fourth-order valence-corrected chi connectivity index (χ4v) is 2.55. The number of benzene rings is 1. The predicted molar refractivity (Wildman–Crippen MR) is 83.5 cm³/mol. The molecule has 2 aromatic rings. The monoisotopic (exact) mass is 273 g/mol. The van der Waals surface area contributed by atoms with Crippen LogP contribution in [0.5, 0.6) is 0 Å². The van der Waals surface area contributed by atoms with Crippen molar-refractivity contribution < 1.29 is 0 Å². The Balaban J connectivity index is 2.90. The van der Waals surface area contributed by atoms with Crippen molar-refractivity contribution >= 4 is 5.69 Å². The molecule has 0 atom stereocenters. The van der Waals surface area contributed by atoms with Crippen LogP contribution in [0.15, 0.2) is 35.1 Å². The lowest BCUT2D eigenvalue weighted by Crippen LogP contribution is -2.26. The molecule has 0 fully saturated rings. The summed E-state index contributed by atoms with van der Waals surface area (Å²) < 4.78 is 3.69. The normalized spacial score (nSPS) is 12.1. The van der Waals surface area contributed by atoms with Crippen LogP contribution < -0.4 is 11.3 Å². The van der Waals surface area contributed by atoms with Gasteiger partial charge < -0.3 is 5.73 Å². The van der Waals surface area contributed by atoms with Gasteiger partial charge in [-0.3, -0.25) is 9.48 Å². The molecule has 0 amide bonds. The third-order valence-corrected chi connectivity index (χ3v) is 3.32. The Hall–Kier alpha value is -1.97. The molecular formula is C16H23N3O. The van der Waals surface area contributed by atoms with E-state index < -0.39 is 0 Å². The van der Waals surface area contributed by atoms with Crippen molar-refractivity contribution in [2.24, 2.45) is 0 Å². The molecule has 0 aliphatic heterocycles. The molecule has 0 unspecified atom stereocenters. The van der Waals surface area contributed by atoms with E-state index in [1.54, 1.807) is 4.68 Å². The van der Waals surface area contributed by atoms with Crippen molar-refractivity contribution in [3.8, 4) is 5.69 Å². The lowest BCUT2D eigenvalue weighted by Gasteiger charge is -2.24. The van der Waals surface area contributed by atoms with Crippen molar-refractivity contribution in [1.82, 2.24) is 9.36 Å². The second-order valence-corrected chi connectivity index (χ2v) is 6.40. The Morgan fingerprint density at radius 2 is 1.65 bits per heavy atom. The molecule has 1 heterocycles. The molecular weight excluding hydrogens is 250 g/mol. The summed E-state index contributed by atoms with van der Waals surface area (Å²) in [6.45, 7) is 10.2. The molecule has 0 spiro atoms. The Kier molecular flexibility index (Phi) is 3.50. The van der Waals surface area contributed by atoms with Gasteiger partial charge in [-0.15, -0.1) is 0 Å². The third kappa shape index (κ3) is 2.26. The quantitative estimate of drug-likeness (QED) is 0.914. The molecule has 108 valence electrons. The first-order valence-corrected chi connectivity index (χ1v) is 6.94. The fourth-order valence-electron chi connectivity index (χ4n) is 2.55. The van der Waals surface area contributed by atoms with Crippen LogP contribution in [0.3, 0.4) is 0 Å². The summed E-state index contributed by atoms with van der Waals surface area (Å²) in [5.74, 6) is 0. The summed E-state index contributed by atoms with van der Waals surface area (Å²) in [6, 6.07) is 9.92. The van der Waals surface area contributed by atoms with Crippen LogP contribution in [-0.2, 0) is 5.41 Å². The van der Waals surface area contributed by atoms with Crippen LogP contribution >= 0.6 is 0 Å². The number of para-hydroxylation sites is 1. The lowest BCUT2D eigenvalue weighted by atomic mass is 9.91. The van der Waals surface area contributed by atoms with E-state index in [9.17, 15) is 4.79 Å². The molecule has 0 saturated carbocycles. The maximum Gasteiger partial charge on any atom is 0.290 e. The maximum absolute atomic E-state index is 12.5. The van der Waals surface area contributed by atoms with Gasteiger partial charge in [0.05, 0.1) is 11.4 Å². The zero-order valence-electron chi connectivity index (χ0n) is 12.8. The van der Waals surface area contributed by atoms with Crippen molar-refractivity contribution in [1.29, 1.82) is 0 Å². The SMILES string of the molecule is CC(C)n1c(=O)c(N)c(C(C)(C)C)n1-c1ccccc1. The Morgan fingerprint density at radius 1 is 1.10 bits per heavy atom. The molecule has 0 aliphatic rings.